The molecule has 5 nitrogen and oxygen atoms in total. The molecule has 1 unspecified atom stereocenters. The number of rotatable bonds is 7. The minimum absolute atomic E-state index is 0.396. The first-order valence-corrected chi connectivity index (χ1v) is 8.52. The molecule has 2 aromatic rings. The molecule has 134 valence electrons. The third-order valence-electron chi connectivity index (χ3n) is 3.82. The van der Waals surface area contributed by atoms with Gasteiger partial charge in [0.25, 0.3) is 0 Å². The molecule has 25 heavy (non-hydrogen) atoms. The fraction of sp³-hybridized carbons (Fsp3) is 0.350. The number of aliphatic imine (C=N–C) groups is 1. The lowest BCUT2D eigenvalue weighted by Gasteiger charge is -2.16. The minimum Gasteiger partial charge on any atom is -0.497 e. The summed E-state index contributed by atoms with van der Waals surface area (Å²) in [7, 11) is 1.65. The first-order valence-electron chi connectivity index (χ1n) is 8.52. The van der Waals surface area contributed by atoms with Crippen LogP contribution in [0.2, 0.25) is 0 Å². The smallest absolute Gasteiger partial charge is 0.191 e. The summed E-state index contributed by atoms with van der Waals surface area (Å²) in [4.78, 5) is 4.57. The van der Waals surface area contributed by atoms with Gasteiger partial charge in [0, 0.05) is 13.1 Å². The van der Waals surface area contributed by atoms with E-state index in [1.807, 2.05) is 62.4 Å². The van der Waals surface area contributed by atoms with Crippen molar-refractivity contribution >= 4 is 5.96 Å². The van der Waals surface area contributed by atoms with Crippen LogP contribution < -0.4 is 15.4 Å². The number of methoxy groups -OCH3 is 1. The summed E-state index contributed by atoms with van der Waals surface area (Å²) in [5, 5.41) is 16.7. The number of nitrogens with one attached hydrogen (secondary N) is 2. The third kappa shape index (κ3) is 6.12. The molecule has 0 saturated heterocycles. The number of aryl methyl sites for hydroxylation is 1. The fourth-order valence-corrected chi connectivity index (χ4v) is 2.38. The minimum atomic E-state index is -0.582. The first-order chi connectivity index (χ1) is 12.1. The highest BCUT2D eigenvalue weighted by Crippen LogP contribution is 2.14. The van der Waals surface area contributed by atoms with Crippen molar-refractivity contribution < 1.29 is 9.84 Å². The Bertz CT molecular complexity index is 684. The number of benzene rings is 2. The molecule has 0 aromatic heterocycles. The Hall–Kier alpha value is -2.53. The van der Waals surface area contributed by atoms with E-state index in [1.54, 1.807) is 7.11 Å². The van der Waals surface area contributed by atoms with Crippen molar-refractivity contribution in [3.8, 4) is 5.75 Å². The standard InChI is InChI=1S/C20H27N3O2/c1-4-21-20(22-13-16-6-5-7-18(12-16)25-3)23-14-19(24)17-10-8-15(2)9-11-17/h5-12,19,24H,4,13-14H2,1-3H3,(H2,21,22,23). The Morgan fingerprint density at radius 3 is 2.60 bits per heavy atom. The van der Waals surface area contributed by atoms with Gasteiger partial charge in [-0.15, -0.1) is 0 Å². The van der Waals surface area contributed by atoms with Crippen molar-refractivity contribution in [1.82, 2.24) is 10.6 Å². The van der Waals surface area contributed by atoms with Crippen LogP contribution in [0, 0.1) is 6.92 Å². The predicted octanol–water partition coefficient (Wildman–Crippen LogP) is 2.79. The number of hydrogen-bond acceptors (Lipinski definition) is 3. The van der Waals surface area contributed by atoms with Crippen molar-refractivity contribution in [3.05, 3.63) is 65.2 Å². The van der Waals surface area contributed by atoms with E-state index in [1.165, 1.54) is 5.56 Å². The summed E-state index contributed by atoms with van der Waals surface area (Å²) < 4.78 is 5.23. The first kappa shape index (κ1) is 18.8. The zero-order chi connectivity index (χ0) is 18.1. The summed E-state index contributed by atoms with van der Waals surface area (Å²) in [5.74, 6) is 1.50. The molecule has 2 aromatic carbocycles. The fourth-order valence-electron chi connectivity index (χ4n) is 2.38. The highest BCUT2D eigenvalue weighted by atomic mass is 16.5. The molecule has 0 saturated carbocycles. The lowest BCUT2D eigenvalue weighted by atomic mass is 10.1. The van der Waals surface area contributed by atoms with E-state index < -0.39 is 6.10 Å². The molecular weight excluding hydrogens is 314 g/mol. The highest BCUT2D eigenvalue weighted by Gasteiger charge is 2.08. The average molecular weight is 341 g/mol. The van der Waals surface area contributed by atoms with Gasteiger partial charge in [-0.25, -0.2) is 4.99 Å². The Morgan fingerprint density at radius 1 is 1.16 bits per heavy atom. The van der Waals surface area contributed by atoms with Gasteiger partial charge in [-0.3, -0.25) is 0 Å². The van der Waals surface area contributed by atoms with Gasteiger partial charge in [0.2, 0.25) is 0 Å². The van der Waals surface area contributed by atoms with Crippen LogP contribution in [0.4, 0.5) is 0 Å². The Labute approximate surface area is 149 Å². The van der Waals surface area contributed by atoms with E-state index in [4.69, 9.17) is 4.74 Å². The second kappa shape index (κ2) is 9.69. The lowest BCUT2D eigenvalue weighted by Crippen LogP contribution is -2.39. The van der Waals surface area contributed by atoms with Crippen LogP contribution in [0.3, 0.4) is 0 Å². The average Bonchev–Trinajstić information content (AvgIpc) is 2.64. The number of aliphatic hydroxyl groups is 1. The van der Waals surface area contributed by atoms with Gasteiger partial charge < -0.3 is 20.5 Å². The van der Waals surface area contributed by atoms with Gasteiger partial charge in [-0.05, 0) is 37.1 Å². The van der Waals surface area contributed by atoms with Crippen LogP contribution in [-0.2, 0) is 6.54 Å². The molecule has 0 radical (unpaired) electrons. The maximum absolute atomic E-state index is 10.3. The molecule has 0 aliphatic carbocycles. The molecule has 0 aliphatic rings. The van der Waals surface area contributed by atoms with Gasteiger partial charge in [-0.2, -0.15) is 0 Å². The van der Waals surface area contributed by atoms with Crippen molar-refractivity contribution in [3.63, 3.8) is 0 Å². The second-order valence-corrected chi connectivity index (χ2v) is 5.85. The number of aliphatic hydroxyl groups excluding tert-OH is 1. The molecule has 3 N–H and O–H groups in total. The molecule has 2 rings (SSSR count). The highest BCUT2D eigenvalue weighted by molar-refractivity contribution is 5.79. The van der Waals surface area contributed by atoms with Crippen LogP contribution in [-0.4, -0.2) is 31.3 Å². The van der Waals surface area contributed by atoms with E-state index >= 15 is 0 Å². The summed E-state index contributed by atoms with van der Waals surface area (Å²) in [6, 6.07) is 15.7. The molecule has 5 heteroatoms. The van der Waals surface area contributed by atoms with Crippen LogP contribution in [0.1, 0.15) is 29.7 Å². The van der Waals surface area contributed by atoms with Gasteiger partial charge in [0.15, 0.2) is 5.96 Å². The van der Waals surface area contributed by atoms with Gasteiger partial charge in [0.05, 0.1) is 19.8 Å². The Kier molecular flexibility index (Phi) is 7.29. The number of ether oxygens (including phenoxy) is 1. The maximum atomic E-state index is 10.3. The van der Waals surface area contributed by atoms with Crippen molar-refractivity contribution in [2.24, 2.45) is 4.99 Å². The van der Waals surface area contributed by atoms with E-state index in [-0.39, 0.29) is 0 Å². The second-order valence-electron chi connectivity index (χ2n) is 5.85. The summed E-state index contributed by atoms with van der Waals surface area (Å²) in [5.41, 5.74) is 3.13. The number of hydrogen-bond donors (Lipinski definition) is 3. The van der Waals surface area contributed by atoms with Gasteiger partial charge in [0.1, 0.15) is 5.75 Å². The topological polar surface area (TPSA) is 65.9 Å². The molecule has 0 bridgehead atoms. The van der Waals surface area contributed by atoms with Crippen molar-refractivity contribution in [1.29, 1.82) is 0 Å². The number of guanidine groups is 1. The largest absolute Gasteiger partial charge is 0.497 e. The molecular formula is C20H27N3O2. The maximum Gasteiger partial charge on any atom is 0.191 e. The van der Waals surface area contributed by atoms with Gasteiger partial charge in [-0.1, -0.05) is 42.0 Å². The van der Waals surface area contributed by atoms with E-state index in [2.05, 4.69) is 15.6 Å². The van der Waals surface area contributed by atoms with Crippen LogP contribution >= 0.6 is 0 Å². The predicted molar refractivity (Wildman–Crippen MR) is 102 cm³/mol. The quantitative estimate of drug-likeness (QED) is 0.535. The zero-order valence-electron chi connectivity index (χ0n) is 15.1. The molecule has 0 spiro atoms. The normalized spacial score (nSPS) is 12.6. The van der Waals surface area contributed by atoms with Crippen LogP contribution in [0.15, 0.2) is 53.5 Å². The monoisotopic (exact) mass is 341 g/mol. The molecule has 0 fully saturated rings. The van der Waals surface area contributed by atoms with E-state index in [0.717, 1.165) is 23.4 Å². The van der Waals surface area contributed by atoms with Gasteiger partial charge >= 0.3 is 0 Å². The molecule has 1 atom stereocenters. The summed E-state index contributed by atoms with van der Waals surface area (Å²) >= 11 is 0. The van der Waals surface area contributed by atoms with E-state index in [9.17, 15) is 5.11 Å². The summed E-state index contributed by atoms with van der Waals surface area (Å²) in [6.07, 6.45) is -0.582. The third-order valence-corrected chi connectivity index (χ3v) is 3.82. The SMILES string of the molecule is CCNC(=NCc1cccc(OC)c1)NCC(O)c1ccc(C)cc1. The lowest BCUT2D eigenvalue weighted by molar-refractivity contribution is 0.181. The molecule has 0 amide bonds. The number of nitrogens with zero attached hydrogens (tertiary/aromatic N) is 1. The Balaban J connectivity index is 1.95. The van der Waals surface area contributed by atoms with Crippen LogP contribution in [0.5, 0.6) is 5.75 Å². The van der Waals surface area contributed by atoms with E-state index in [0.29, 0.717) is 19.0 Å². The van der Waals surface area contributed by atoms with Crippen molar-refractivity contribution in [2.45, 2.75) is 26.5 Å². The van der Waals surface area contributed by atoms with Crippen molar-refractivity contribution in [2.75, 3.05) is 20.2 Å². The summed E-state index contributed by atoms with van der Waals surface area (Å²) in [6.45, 7) is 5.73. The zero-order valence-corrected chi connectivity index (χ0v) is 15.1. The molecule has 0 aliphatic heterocycles. The Morgan fingerprint density at radius 2 is 1.92 bits per heavy atom. The van der Waals surface area contributed by atoms with Crippen LogP contribution in [0.25, 0.3) is 0 Å². The molecule has 0 heterocycles.